The first-order valence-corrected chi connectivity index (χ1v) is 5.87. The smallest absolute Gasteiger partial charge is 0.240 e. The average Bonchev–Trinajstić information content (AvgIpc) is 2.35. The number of aromatic nitrogens is 2. The molecule has 1 aromatic rings. The molecular formula is C11H20N6O2. The van der Waals surface area contributed by atoms with Gasteiger partial charge in [0.05, 0.1) is 0 Å². The molecule has 0 radical (unpaired) electrons. The highest BCUT2D eigenvalue weighted by molar-refractivity contribution is 5.83. The van der Waals surface area contributed by atoms with Gasteiger partial charge in [0.25, 0.3) is 0 Å². The van der Waals surface area contributed by atoms with Crippen LogP contribution in [-0.2, 0) is 16.1 Å². The van der Waals surface area contributed by atoms with Gasteiger partial charge in [0.1, 0.15) is 24.3 Å². The van der Waals surface area contributed by atoms with Crippen molar-refractivity contribution in [3.05, 3.63) is 11.9 Å². The number of anilines is 2. The number of hydrogen-bond donors (Lipinski definition) is 4. The summed E-state index contributed by atoms with van der Waals surface area (Å²) in [6.07, 6.45) is 0. The zero-order chi connectivity index (χ0) is 14.4. The van der Waals surface area contributed by atoms with E-state index in [-0.39, 0.29) is 12.5 Å². The number of hydrazine groups is 1. The van der Waals surface area contributed by atoms with Gasteiger partial charge in [-0.2, -0.15) is 0 Å². The van der Waals surface area contributed by atoms with Crippen molar-refractivity contribution >= 4 is 17.5 Å². The van der Waals surface area contributed by atoms with Crippen LogP contribution in [0.4, 0.5) is 11.6 Å². The van der Waals surface area contributed by atoms with E-state index in [2.05, 4.69) is 20.7 Å². The molecule has 0 aliphatic rings. The lowest BCUT2D eigenvalue weighted by molar-refractivity contribution is -0.119. The Morgan fingerprint density at radius 2 is 2.05 bits per heavy atom. The summed E-state index contributed by atoms with van der Waals surface area (Å²) in [6.45, 7) is 4.02. The molecule has 1 atom stereocenters. The van der Waals surface area contributed by atoms with E-state index in [9.17, 15) is 4.79 Å². The van der Waals surface area contributed by atoms with Gasteiger partial charge in [-0.25, -0.2) is 15.8 Å². The molecule has 19 heavy (non-hydrogen) atoms. The van der Waals surface area contributed by atoms with Crippen LogP contribution >= 0.6 is 0 Å². The Kier molecular flexibility index (Phi) is 5.46. The summed E-state index contributed by atoms with van der Waals surface area (Å²) in [4.78, 5) is 19.7. The Morgan fingerprint density at radius 1 is 1.42 bits per heavy atom. The molecule has 1 amide bonds. The fraction of sp³-hybridized carbons (Fsp3) is 0.545. The molecule has 0 aliphatic heterocycles. The van der Waals surface area contributed by atoms with E-state index in [1.165, 1.54) is 0 Å². The van der Waals surface area contributed by atoms with Gasteiger partial charge >= 0.3 is 0 Å². The monoisotopic (exact) mass is 268 g/mol. The third-order valence-corrected chi connectivity index (χ3v) is 2.47. The molecule has 1 heterocycles. The number of nitrogens with one attached hydrogen (secondary N) is 2. The minimum atomic E-state index is -0.518. The van der Waals surface area contributed by atoms with Crippen molar-refractivity contribution in [3.8, 4) is 0 Å². The first-order valence-electron chi connectivity index (χ1n) is 5.87. The number of carbonyl (C=O) groups excluding carboxylic acids is 1. The van der Waals surface area contributed by atoms with Gasteiger partial charge < -0.3 is 21.2 Å². The summed E-state index contributed by atoms with van der Waals surface area (Å²) in [5.74, 6) is 6.27. The molecule has 6 N–H and O–H groups in total. The molecule has 106 valence electrons. The number of nitrogens with two attached hydrogens (primary N) is 2. The molecule has 0 aromatic carbocycles. The minimum absolute atomic E-state index is 0.0348. The van der Waals surface area contributed by atoms with Crippen LogP contribution in [0.5, 0.6) is 0 Å². The molecule has 0 saturated carbocycles. The van der Waals surface area contributed by atoms with Gasteiger partial charge in [-0.05, 0) is 5.92 Å². The van der Waals surface area contributed by atoms with Crippen molar-refractivity contribution in [3.63, 3.8) is 0 Å². The fourth-order valence-corrected chi connectivity index (χ4v) is 1.56. The second-order valence-electron chi connectivity index (χ2n) is 4.40. The minimum Gasteiger partial charge on any atom is -0.377 e. The summed E-state index contributed by atoms with van der Waals surface area (Å²) < 4.78 is 4.97. The highest BCUT2D eigenvalue weighted by Crippen LogP contribution is 2.14. The van der Waals surface area contributed by atoms with Crippen LogP contribution in [0.3, 0.4) is 0 Å². The van der Waals surface area contributed by atoms with Gasteiger partial charge in [-0.3, -0.25) is 4.79 Å². The standard InChI is InChI=1S/C11H20N6O2/c1-6(2)10(11(12)18)16-7-4-8(17-13)15-9(14-7)5-19-3/h4,6,10H,5,13H2,1-3H3,(H2,12,18)(H2,14,15,16,17). The van der Waals surface area contributed by atoms with Gasteiger partial charge in [0.15, 0.2) is 5.82 Å². The van der Waals surface area contributed by atoms with E-state index in [1.54, 1.807) is 13.2 Å². The third kappa shape index (κ3) is 4.34. The summed E-state index contributed by atoms with van der Waals surface area (Å²) in [7, 11) is 1.54. The fourth-order valence-electron chi connectivity index (χ4n) is 1.56. The van der Waals surface area contributed by atoms with Crippen LogP contribution in [0.25, 0.3) is 0 Å². The SMILES string of the molecule is COCc1nc(NN)cc(NC(C(N)=O)C(C)C)n1. The van der Waals surface area contributed by atoms with Crippen molar-refractivity contribution in [2.24, 2.45) is 17.5 Å². The van der Waals surface area contributed by atoms with Gasteiger partial charge in [0.2, 0.25) is 5.91 Å². The van der Waals surface area contributed by atoms with E-state index in [4.69, 9.17) is 16.3 Å². The van der Waals surface area contributed by atoms with Crippen molar-refractivity contribution < 1.29 is 9.53 Å². The van der Waals surface area contributed by atoms with Crippen molar-refractivity contribution in [1.82, 2.24) is 9.97 Å². The number of methoxy groups -OCH3 is 1. The molecule has 0 fully saturated rings. The number of primary amides is 1. The predicted molar refractivity (Wildman–Crippen MR) is 72.0 cm³/mol. The van der Waals surface area contributed by atoms with Crippen LogP contribution < -0.4 is 22.3 Å². The molecule has 1 rings (SSSR count). The van der Waals surface area contributed by atoms with Crippen molar-refractivity contribution in [1.29, 1.82) is 0 Å². The lowest BCUT2D eigenvalue weighted by Crippen LogP contribution is -2.39. The van der Waals surface area contributed by atoms with Crippen molar-refractivity contribution in [2.75, 3.05) is 17.9 Å². The Bertz CT molecular complexity index is 437. The van der Waals surface area contributed by atoms with Crippen LogP contribution in [0, 0.1) is 5.92 Å². The zero-order valence-electron chi connectivity index (χ0n) is 11.3. The van der Waals surface area contributed by atoms with Gasteiger partial charge in [0, 0.05) is 13.2 Å². The van der Waals surface area contributed by atoms with E-state index in [0.29, 0.717) is 17.5 Å². The van der Waals surface area contributed by atoms with Gasteiger partial charge in [-0.15, -0.1) is 0 Å². The molecular weight excluding hydrogens is 248 g/mol. The highest BCUT2D eigenvalue weighted by Gasteiger charge is 2.20. The molecule has 0 bridgehead atoms. The summed E-state index contributed by atoms with van der Waals surface area (Å²) >= 11 is 0. The lowest BCUT2D eigenvalue weighted by Gasteiger charge is -2.20. The maximum atomic E-state index is 11.4. The maximum Gasteiger partial charge on any atom is 0.240 e. The number of nitrogens with zero attached hydrogens (tertiary/aromatic N) is 2. The first-order chi connectivity index (χ1) is 8.97. The van der Waals surface area contributed by atoms with Crippen LogP contribution in [0.2, 0.25) is 0 Å². The molecule has 1 unspecified atom stereocenters. The largest absolute Gasteiger partial charge is 0.377 e. The van der Waals surface area contributed by atoms with Crippen molar-refractivity contribution in [2.45, 2.75) is 26.5 Å². The molecule has 1 aromatic heterocycles. The highest BCUT2D eigenvalue weighted by atomic mass is 16.5. The predicted octanol–water partition coefficient (Wildman–Crippen LogP) is -0.170. The van der Waals surface area contributed by atoms with E-state index in [0.717, 1.165) is 0 Å². The van der Waals surface area contributed by atoms with Crippen LogP contribution in [0.15, 0.2) is 6.07 Å². The Balaban J connectivity index is 2.98. The Morgan fingerprint density at radius 3 is 2.53 bits per heavy atom. The topological polar surface area (TPSA) is 128 Å². The van der Waals surface area contributed by atoms with Crippen LogP contribution in [-0.4, -0.2) is 29.0 Å². The second-order valence-corrected chi connectivity index (χ2v) is 4.40. The second kappa shape index (κ2) is 6.86. The molecule has 0 aliphatic carbocycles. The number of rotatable bonds is 7. The number of ether oxygens (including phenoxy) is 1. The molecule has 8 heteroatoms. The van der Waals surface area contributed by atoms with E-state index in [1.807, 2.05) is 13.8 Å². The summed E-state index contributed by atoms with van der Waals surface area (Å²) in [5, 5.41) is 2.97. The van der Waals surface area contributed by atoms with E-state index >= 15 is 0 Å². The molecule has 8 nitrogen and oxygen atoms in total. The molecule has 0 saturated heterocycles. The first kappa shape index (κ1) is 15.1. The lowest BCUT2D eigenvalue weighted by atomic mass is 10.0. The number of amides is 1. The Hall–Kier alpha value is -1.93. The number of carbonyl (C=O) groups is 1. The summed E-state index contributed by atoms with van der Waals surface area (Å²) in [6, 6.07) is 1.08. The normalized spacial score (nSPS) is 12.3. The van der Waals surface area contributed by atoms with Crippen LogP contribution in [0.1, 0.15) is 19.7 Å². The number of hydrogen-bond acceptors (Lipinski definition) is 7. The third-order valence-electron chi connectivity index (χ3n) is 2.47. The quantitative estimate of drug-likeness (QED) is 0.399. The molecule has 0 spiro atoms. The van der Waals surface area contributed by atoms with E-state index < -0.39 is 11.9 Å². The Labute approximate surface area is 111 Å². The number of nitrogen functional groups attached to an aromatic ring is 1. The van der Waals surface area contributed by atoms with Gasteiger partial charge in [-0.1, -0.05) is 13.8 Å². The zero-order valence-corrected chi connectivity index (χ0v) is 11.3. The summed E-state index contributed by atoms with van der Waals surface area (Å²) in [5.41, 5.74) is 7.78. The maximum absolute atomic E-state index is 11.4. The average molecular weight is 268 g/mol.